The molecule has 0 aliphatic carbocycles. The van der Waals surface area contributed by atoms with E-state index in [4.69, 9.17) is 0 Å². The van der Waals surface area contributed by atoms with Crippen LogP contribution >= 0.6 is 57.3 Å². The predicted octanol–water partition coefficient (Wildman–Crippen LogP) is 2.14. The van der Waals surface area contributed by atoms with Crippen LogP contribution in [0, 0.1) is 6.92 Å². The lowest BCUT2D eigenvalue weighted by Crippen LogP contribution is -2.02. The molecule has 0 bridgehead atoms. The third-order valence-corrected chi connectivity index (χ3v) is 7.27. The van der Waals surface area contributed by atoms with Gasteiger partial charge in [-0.3, -0.25) is 0 Å². The molecule has 1 aromatic heterocycles. The van der Waals surface area contributed by atoms with Gasteiger partial charge in [0.05, 0.1) is 0 Å². The number of alkyl halides is 3. The van der Waals surface area contributed by atoms with Crippen molar-refractivity contribution in [2.24, 2.45) is 0 Å². The standard InChI is InChI=1S/C4H3Br3N2O3S2/c1-2-8-9-3(4(5,6)7)13(2)14(10,11)12/h1H3. The average Bonchev–Trinajstić information content (AvgIpc) is 2.27. The molecule has 0 aromatic carbocycles. The summed E-state index contributed by atoms with van der Waals surface area (Å²) in [6, 6.07) is 0. The molecule has 0 aliphatic rings. The highest BCUT2D eigenvalue weighted by Crippen LogP contribution is 2.50. The molecule has 1 unspecified atom stereocenters. The van der Waals surface area contributed by atoms with E-state index in [2.05, 4.69) is 58.0 Å². The number of hydrogen-bond acceptors (Lipinski definition) is 5. The maximum absolute atomic E-state index is 10.9. The summed E-state index contributed by atoms with van der Waals surface area (Å²) in [5.74, 6) is 0. The second-order valence-corrected chi connectivity index (χ2v) is 13.5. The summed E-state index contributed by atoms with van der Waals surface area (Å²) >= 11 is 9.30. The van der Waals surface area contributed by atoms with Gasteiger partial charge in [-0.2, -0.15) is 8.42 Å². The van der Waals surface area contributed by atoms with Crippen LogP contribution < -0.4 is 0 Å². The molecule has 0 N–H and O–H groups in total. The minimum absolute atomic E-state index is 0.102. The number of hydrogen-bond donors (Lipinski definition) is 0. The zero-order valence-electron chi connectivity index (χ0n) is 6.57. The first-order valence-electron chi connectivity index (χ1n) is 3.04. The largest absolute Gasteiger partial charge is 0.703 e. The molecule has 0 fully saturated rings. The first-order valence-corrected chi connectivity index (χ1v) is 8.57. The quantitative estimate of drug-likeness (QED) is 0.295. The Balaban J connectivity index is 3.51. The molecular formula is C4H3Br3N2O3S2. The number of aromatic nitrogens is 2. The average molecular weight is 431 g/mol. The summed E-state index contributed by atoms with van der Waals surface area (Å²) in [4.78, 5) is 0. The van der Waals surface area contributed by atoms with Gasteiger partial charge in [-0.25, -0.2) is 0 Å². The lowest BCUT2D eigenvalue weighted by atomic mass is 10.8. The topological polar surface area (TPSA) is 83.0 Å². The van der Waals surface area contributed by atoms with Crippen LogP contribution in [0.5, 0.6) is 0 Å². The first-order chi connectivity index (χ1) is 6.14. The third-order valence-electron chi connectivity index (χ3n) is 1.17. The fourth-order valence-electron chi connectivity index (χ4n) is 0.736. The first kappa shape index (κ1) is 13.0. The second kappa shape index (κ2) is 4.06. The molecule has 0 saturated heterocycles. The molecule has 14 heavy (non-hydrogen) atoms. The van der Waals surface area contributed by atoms with E-state index < -0.39 is 20.8 Å². The van der Waals surface area contributed by atoms with Gasteiger partial charge in [0.2, 0.25) is 2.14 Å². The third kappa shape index (κ3) is 2.73. The van der Waals surface area contributed by atoms with Crippen LogP contribution in [-0.2, 0) is 11.3 Å². The van der Waals surface area contributed by atoms with Gasteiger partial charge in [-0.05, 0) is 47.8 Å². The Labute approximate surface area is 108 Å². The molecule has 10 heteroatoms. The minimum atomic E-state index is -4.46. The molecule has 5 nitrogen and oxygen atoms in total. The molecule has 0 saturated carbocycles. The van der Waals surface area contributed by atoms with Gasteiger partial charge in [-0.1, -0.05) is 10.2 Å². The summed E-state index contributed by atoms with van der Waals surface area (Å²) in [5.41, 5.74) is 0. The summed E-state index contributed by atoms with van der Waals surface area (Å²) < 4.78 is 31.8. The maximum atomic E-state index is 10.9. The normalized spacial score (nSPS) is 14.5. The number of halogens is 3. The molecule has 0 aliphatic heterocycles. The van der Waals surface area contributed by atoms with Crippen LogP contribution in [-0.4, -0.2) is 23.2 Å². The summed E-state index contributed by atoms with van der Waals surface area (Å²) in [6.07, 6.45) is 0. The van der Waals surface area contributed by atoms with E-state index in [1.807, 2.05) is 0 Å². The Kier molecular flexibility index (Phi) is 3.76. The SMILES string of the molecule is Cc1nnc(C(Br)(Br)Br)[s+]1S(=O)(=O)[O-]. The van der Waals surface area contributed by atoms with Gasteiger partial charge in [0.15, 0.2) is 0 Å². The van der Waals surface area contributed by atoms with Crippen LogP contribution in [0.15, 0.2) is 0 Å². The van der Waals surface area contributed by atoms with E-state index in [-0.39, 0.29) is 10.0 Å². The van der Waals surface area contributed by atoms with E-state index in [1.54, 1.807) is 0 Å². The van der Waals surface area contributed by atoms with Crippen molar-refractivity contribution < 1.29 is 13.0 Å². The Bertz CT molecular complexity index is 449. The second-order valence-electron chi connectivity index (χ2n) is 2.20. The summed E-state index contributed by atoms with van der Waals surface area (Å²) in [5, 5.41) is 7.51. The van der Waals surface area contributed by atoms with Gasteiger partial charge in [-0.15, -0.1) is 0 Å². The molecule has 80 valence electrons. The summed E-state index contributed by atoms with van der Waals surface area (Å²) in [7, 11) is -6.08. The molecule has 1 rings (SSSR count). The van der Waals surface area contributed by atoms with E-state index >= 15 is 0 Å². The smallest absolute Gasteiger partial charge is 0.317 e. The van der Waals surface area contributed by atoms with Crippen molar-refractivity contribution in [1.82, 2.24) is 10.2 Å². The fraction of sp³-hybridized carbons (Fsp3) is 0.500. The van der Waals surface area contributed by atoms with E-state index in [1.165, 1.54) is 6.92 Å². The van der Waals surface area contributed by atoms with Crippen LogP contribution in [0.4, 0.5) is 0 Å². The molecular weight excluding hydrogens is 428 g/mol. The Hall–Kier alpha value is 0.910. The van der Waals surface area contributed by atoms with Crippen LogP contribution in [0.3, 0.4) is 0 Å². The van der Waals surface area contributed by atoms with Crippen molar-refractivity contribution in [3.63, 3.8) is 0 Å². The van der Waals surface area contributed by atoms with Crippen LogP contribution in [0.2, 0.25) is 0 Å². The van der Waals surface area contributed by atoms with Crippen molar-refractivity contribution in [2.45, 2.75) is 9.07 Å². The molecule has 1 atom stereocenters. The van der Waals surface area contributed by atoms with Gasteiger partial charge >= 0.3 is 5.01 Å². The van der Waals surface area contributed by atoms with Crippen molar-refractivity contribution in [3.8, 4) is 0 Å². The zero-order valence-corrected chi connectivity index (χ0v) is 13.0. The van der Waals surface area contributed by atoms with Crippen molar-refractivity contribution in [2.75, 3.05) is 0 Å². The zero-order chi connectivity index (χ0) is 11.1. The van der Waals surface area contributed by atoms with Gasteiger partial charge in [0.1, 0.15) is 9.50 Å². The van der Waals surface area contributed by atoms with Crippen LogP contribution in [0.1, 0.15) is 10.0 Å². The highest BCUT2D eigenvalue weighted by Gasteiger charge is 2.41. The van der Waals surface area contributed by atoms with Crippen molar-refractivity contribution >= 4 is 66.4 Å². The van der Waals surface area contributed by atoms with E-state index in [0.717, 1.165) is 0 Å². The minimum Gasteiger partial charge on any atom is -0.703 e. The van der Waals surface area contributed by atoms with Crippen LogP contribution in [0.25, 0.3) is 0 Å². The Morgan fingerprint density at radius 2 is 1.86 bits per heavy atom. The molecule has 0 amide bonds. The molecule has 1 aromatic rings. The summed E-state index contributed by atoms with van der Waals surface area (Å²) in [6.45, 7) is 1.45. The van der Waals surface area contributed by atoms with Crippen molar-refractivity contribution in [1.29, 1.82) is 0 Å². The number of aryl methyl sites for hydroxylation is 1. The number of nitrogens with zero attached hydrogens (tertiary/aromatic N) is 2. The highest BCUT2D eigenvalue weighted by atomic mass is 80.0. The lowest BCUT2D eigenvalue weighted by molar-refractivity contribution is 0.481. The van der Waals surface area contributed by atoms with Gasteiger partial charge in [0, 0.05) is 6.92 Å². The Morgan fingerprint density at radius 1 is 1.36 bits per heavy atom. The molecule has 1 heterocycles. The van der Waals surface area contributed by atoms with Crippen molar-refractivity contribution in [3.05, 3.63) is 10.0 Å². The lowest BCUT2D eigenvalue weighted by Gasteiger charge is -2.05. The predicted molar refractivity (Wildman–Crippen MR) is 62.8 cm³/mol. The van der Waals surface area contributed by atoms with Gasteiger partial charge in [0.25, 0.3) is 14.2 Å². The Morgan fingerprint density at radius 3 is 2.14 bits per heavy atom. The maximum Gasteiger partial charge on any atom is 0.317 e. The molecule has 0 spiro atoms. The monoisotopic (exact) mass is 428 g/mol. The highest BCUT2D eigenvalue weighted by molar-refractivity contribution is 9.38. The van der Waals surface area contributed by atoms with E-state index in [9.17, 15) is 13.0 Å². The van der Waals surface area contributed by atoms with E-state index in [0.29, 0.717) is 0 Å². The molecule has 0 radical (unpaired) electrons. The number of rotatable bonds is 1. The fourth-order valence-corrected chi connectivity index (χ4v) is 6.65. The van der Waals surface area contributed by atoms with Gasteiger partial charge < -0.3 is 4.55 Å².